The van der Waals surface area contributed by atoms with Crippen molar-refractivity contribution in [2.75, 3.05) is 0 Å². The molecule has 3 aromatic rings. The molecule has 0 fully saturated rings. The molecule has 0 atom stereocenters. The largest absolute Gasteiger partial charge is 0.337 e. The van der Waals surface area contributed by atoms with Gasteiger partial charge in [-0.2, -0.15) is 0 Å². The number of H-pyrrole nitrogens is 1. The highest BCUT2D eigenvalue weighted by molar-refractivity contribution is 9.10. The van der Waals surface area contributed by atoms with Gasteiger partial charge in [-0.15, -0.1) is 0 Å². The smallest absolute Gasteiger partial charge is 0.179 e. The number of pyridine rings is 1. The first-order valence-corrected chi connectivity index (χ1v) is 7.08. The molecule has 19 heavy (non-hydrogen) atoms. The van der Waals surface area contributed by atoms with Crippen molar-refractivity contribution < 1.29 is 0 Å². The van der Waals surface area contributed by atoms with Crippen LogP contribution in [0.5, 0.6) is 0 Å². The highest BCUT2D eigenvalue weighted by atomic mass is 79.9. The summed E-state index contributed by atoms with van der Waals surface area (Å²) < 4.78 is 1.04. The van der Waals surface area contributed by atoms with Gasteiger partial charge < -0.3 is 4.98 Å². The molecule has 0 amide bonds. The van der Waals surface area contributed by atoms with Crippen molar-refractivity contribution in [2.45, 2.75) is 6.92 Å². The van der Waals surface area contributed by atoms with Crippen LogP contribution in [0.1, 0.15) is 5.56 Å². The average Bonchev–Trinajstić information content (AvgIpc) is 2.76. The van der Waals surface area contributed by atoms with E-state index in [1.807, 2.05) is 25.1 Å². The van der Waals surface area contributed by atoms with Gasteiger partial charge in [0.1, 0.15) is 11.0 Å². The monoisotopic (exact) mass is 355 g/mol. The number of aromatic amines is 1. The quantitative estimate of drug-likeness (QED) is 0.623. The molecule has 0 bridgehead atoms. The lowest BCUT2D eigenvalue weighted by molar-refractivity contribution is 1.28. The number of fused-ring (bicyclic) bond motifs is 1. The minimum atomic E-state index is 0.262. The van der Waals surface area contributed by atoms with E-state index in [0.717, 1.165) is 26.9 Å². The van der Waals surface area contributed by atoms with Crippen LogP contribution in [0, 0.1) is 6.92 Å². The van der Waals surface area contributed by atoms with Crippen LogP contribution in [0.2, 0.25) is 10.2 Å². The Balaban J connectivity index is 2.23. The molecule has 0 saturated carbocycles. The van der Waals surface area contributed by atoms with E-state index in [9.17, 15) is 0 Å². The summed E-state index contributed by atoms with van der Waals surface area (Å²) in [5.74, 6) is 0.750. The first-order chi connectivity index (χ1) is 9.06. The van der Waals surface area contributed by atoms with Crippen LogP contribution < -0.4 is 0 Å². The van der Waals surface area contributed by atoms with Crippen LogP contribution in [0.25, 0.3) is 22.6 Å². The molecule has 96 valence electrons. The van der Waals surface area contributed by atoms with Crippen LogP contribution in [0.15, 0.2) is 28.7 Å². The van der Waals surface area contributed by atoms with Crippen LogP contribution >= 0.6 is 39.1 Å². The van der Waals surface area contributed by atoms with E-state index in [0.29, 0.717) is 10.7 Å². The van der Waals surface area contributed by atoms with E-state index in [1.165, 1.54) is 0 Å². The average molecular weight is 357 g/mol. The third-order valence-electron chi connectivity index (χ3n) is 2.91. The fourth-order valence-corrected chi connectivity index (χ4v) is 2.54. The Kier molecular flexibility index (Phi) is 3.25. The number of imidazole rings is 1. The van der Waals surface area contributed by atoms with Crippen molar-refractivity contribution in [2.24, 2.45) is 0 Å². The second kappa shape index (κ2) is 4.78. The summed E-state index contributed by atoms with van der Waals surface area (Å²) in [4.78, 5) is 11.8. The highest BCUT2D eigenvalue weighted by Gasteiger charge is 2.12. The Labute approximate surface area is 128 Å². The molecule has 1 N–H and O–H groups in total. The number of nitrogens with zero attached hydrogens (tertiary/aromatic N) is 2. The van der Waals surface area contributed by atoms with Crippen molar-refractivity contribution >= 4 is 50.3 Å². The van der Waals surface area contributed by atoms with Gasteiger partial charge in [0.25, 0.3) is 0 Å². The number of halogens is 3. The summed E-state index contributed by atoms with van der Waals surface area (Å²) in [5.41, 5.74) is 3.45. The second-order valence-electron chi connectivity index (χ2n) is 4.13. The zero-order valence-corrected chi connectivity index (χ0v) is 12.9. The predicted octanol–water partition coefficient (Wildman–Crippen LogP) is 5.00. The molecule has 2 heterocycles. The van der Waals surface area contributed by atoms with Crippen molar-refractivity contribution in [1.82, 2.24) is 15.0 Å². The Morgan fingerprint density at radius 1 is 1.21 bits per heavy atom. The summed E-state index contributed by atoms with van der Waals surface area (Å²) in [6.07, 6.45) is 0. The SMILES string of the molecule is Cc1c(Br)cccc1-c1nc2nc(Cl)c(Cl)cc2[nH]1. The first kappa shape index (κ1) is 12.9. The van der Waals surface area contributed by atoms with Gasteiger partial charge in [0.15, 0.2) is 5.65 Å². The molecule has 3 nitrogen and oxygen atoms in total. The number of benzene rings is 1. The molecular weight excluding hydrogens is 349 g/mol. The van der Waals surface area contributed by atoms with Crippen LogP contribution in [-0.2, 0) is 0 Å². The number of rotatable bonds is 1. The fourth-order valence-electron chi connectivity index (χ4n) is 1.89. The van der Waals surface area contributed by atoms with Crippen molar-refractivity contribution in [1.29, 1.82) is 0 Å². The van der Waals surface area contributed by atoms with E-state index in [-0.39, 0.29) is 5.15 Å². The van der Waals surface area contributed by atoms with Gasteiger partial charge in [0, 0.05) is 10.0 Å². The predicted molar refractivity (Wildman–Crippen MR) is 81.8 cm³/mol. The Hall–Kier alpha value is -1.10. The molecule has 2 aromatic heterocycles. The molecule has 6 heteroatoms. The van der Waals surface area contributed by atoms with Crippen LogP contribution in [0.3, 0.4) is 0 Å². The lowest BCUT2D eigenvalue weighted by Crippen LogP contribution is -1.86. The summed E-state index contributed by atoms with van der Waals surface area (Å²) in [6, 6.07) is 7.69. The van der Waals surface area contributed by atoms with E-state index < -0.39 is 0 Å². The van der Waals surface area contributed by atoms with Gasteiger partial charge in [-0.05, 0) is 24.6 Å². The minimum Gasteiger partial charge on any atom is -0.337 e. The number of hydrogen-bond acceptors (Lipinski definition) is 2. The zero-order valence-electron chi connectivity index (χ0n) is 9.84. The molecular formula is C13H8BrCl2N3. The van der Waals surface area contributed by atoms with Crippen molar-refractivity contribution in [3.8, 4) is 11.4 Å². The molecule has 0 aliphatic heterocycles. The maximum absolute atomic E-state index is 5.95. The molecule has 0 spiro atoms. The minimum absolute atomic E-state index is 0.262. The molecule has 1 aromatic carbocycles. The van der Waals surface area contributed by atoms with E-state index >= 15 is 0 Å². The number of aromatic nitrogens is 3. The summed E-state index contributed by atoms with van der Waals surface area (Å²) >= 11 is 15.4. The molecule has 0 saturated heterocycles. The molecule has 0 aliphatic carbocycles. The third kappa shape index (κ3) is 2.24. The zero-order chi connectivity index (χ0) is 13.6. The van der Waals surface area contributed by atoms with Gasteiger partial charge in [-0.25, -0.2) is 9.97 Å². The Morgan fingerprint density at radius 3 is 2.79 bits per heavy atom. The fraction of sp³-hybridized carbons (Fsp3) is 0.0769. The first-order valence-electron chi connectivity index (χ1n) is 5.53. The number of nitrogens with one attached hydrogen (secondary N) is 1. The molecule has 0 aliphatic rings. The normalized spacial score (nSPS) is 11.2. The second-order valence-corrected chi connectivity index (χ2v) is 5.75. The van der Waals surface area contributed by atoms with Gasteiger partial charge in [0.05, 0.1) is 10.5 Å². The van der Waals surface area contributed by atoms with E-state index in [1.54, 1.807) is 6.07 Å². The highest BCUT2D eigenvalue weighted by Crippen LogP contribution is 2.29. The summed E-state index contributed by atoms with van der Waals surface area (Å²) in [5, 5.41) is 0.675. The third-order valence-corrected chi connectivity index (χ3v) is 4.44. The molecule has 3 rings (SSSR count). The lowest BCUT2D eigenvalue weighted by atomic mass is 10.1. The Morgan fingerprint density at radius 2 is 2.00 bits per heavy atom. The number of hydrogen-bond donors (Lipinski definition) is 1. The van der Waals surface area contributed by atoms with Gasteiger partial charge >= 0.3 is 0 Å². The molecule has 0 radical (unpaired) electrons. The maximum Gasteiger partial charge on any atom is 0.179 e. The topological polar surface area (TPSA) is 41.6 Å². The van der Waals surface area contributed by atoms with Gasteiger partial charge in [-0.1, -0.05) is 51.3 Å². The summed E-state index contributed by atoms with van der Waals surface area (Å²) in [6.45, 7) is 2.03. The van der Waals surface area contributed by atoms with E-state index in [2.05, 4.69) is 30.9 Å². The standard InChI is InChI=1S/C13H8BrCl2N3/c1-6-7(3-2-4-8(6)14)12-17-10-5-9(15)11(16)18-13(10)19-12/h2-5H,1H3,(H,17,18,19). The van der Waals surface area contributed by atoms with E-state index in [4.69, 9.17) is 23.2 Å². The van der Waals surface area contributed by atoms with Gasteiger partial charge in [0.2, 0.25) is 0 Å². The molecule has 0 unspecified atom stereocenters. The van der Waals surface area contributed by atoms with Crippen molar-refractivity contribution in [3.63, 3.8) is 0 Å². The maximum atomic E-state index is 5.95. The lowest BCUT2D eigenvalue weighted by Gasteiger charge is -2.03. The van der Waals surface area contributed by atoms with Crippen LogP contribution in [0.4, 0.5) is 0 Å². The van der Waals surface area contributed by atoms with Crippen LogP contribution in [-0.4, -0.2) is 15.0 Å². The van der Waals surface area contributed by atoms with Crippen molar-refractivity contribution in [3.05, 3.63) is 44.5 Å². The van der Waals surface area contributed by atoms with Gasteiger partial charge in [-0.3, -0.25) is 0 Å². The Bertz CT molecular complexity index is 744. The summed E-state index contributed by atoms with van der Waals surface area (Å²) in [7, 11) is 0.